The van der Waals surface area contributed by atoms with Crippen LogP contribution in [-0.2, 0) is 10.0 Å². The van der Waals surface area contributed by atoms with Gasteiger partial charge in [-0.25, -0.2) is 17.5 Å². The van der Waals surface area contributed by atoms with Gasteiger partial charge in [0.15, 0.2) is 5.82 Å². The summed E-state index contributed by atoms with van der Waals surface area (Å²) in [5.41, 5.74) is 5.68. The molecule has 1 aromatic rings. The van der Waals surface area contributed by atoms with E-state index in [1.807, 2.05) is 0 Å². The zero-order chi connectivity index (χ0) is 14.8. The molecule has 1 unspecified atom stereocenters. The maximum absolute atomic E-state index is 13.9. The summed E-state index contributed by atoms with van der Waals surface area (Å²) in [7, 11) is -3.90. The van der Waals surface area contributed by atoms with Crippen LogP contribution >= 0.6 is 28.3 Å². The summed E-state index contributed by atoms with van der Waals surface area (Å²) in [5, 5.41) is 0. The van der Waals surface area contributed by atoms with Gasteiger partial charge in [-0.1, -0.05) is 18.9 Å². The van der Waals surface area contributed by atoms with Crippen molar-refractivity contribution in [3.63, 3.8) is 0 Å². The zero-order valence-corrected chi connectivity index (χ0v) is 14.6. The molecule has 21 heavy (non-hydrogen) atoms. The van der Waals surface area contributed by atoms with Crippen LogP contribution in [0.3, 0.4) is 0 Å². The molecule has 0 heterocycles. The fourth-order valence-electron chi connectivity index (χ4n) is 2.65. The van der Waals surface area contributed by atoms with Crippen LogP contribution in [0.15, 0.2) is 27.6 Å². The Morgan fingerprint density at radius 3 is 2.57 bits per heavy atom. The van der Waals surface area contributed by atoms with E-state index in [1.165, 1.54) is 18.2 Å². The molecule has 4 nitrogen and oxygen atoms in total. The molecule has 0 saturated heterocycles. The molecule has 1 aliphatic rings. The van der Waals surface area contributed by atoms with Crippen molar-refractivity contribution in [3.05, 3.63) is 28.5 Å². The Morgan fingerprint density at radius 2 is 2.00 bits per heavy atom. The fourth-order valence-corrected chi connectivity index (χ4v) is 4.57. The number of hydrogen-bond donors (Lipinski definition) is 2. The summed E-state index contributed by atoms with van der Waals surface area (Å²) in [6.07, 6.45) is 4.11. The van der Waals surface area contributed by atoms with Gasteiger partial charge in [0, 0.05) is 12.6 Å². The van der Waals surface area contributed by atoms with Gasteiger partial charge in [-0.2, -0.15) is 0 Å². The third kappa shape index (κ3) is 4.39. The Balaban J connectivity index is 0.00000220. The summed E-state index contributed by atoms with van der Waals surface area (Å²) >= 11 is 3.00. The predicted molar refractivity (Wildman–Crippen MR) is 86.5 cm³/mol. The van der Waals surface area contributed by atoms with Crippen molar-refractivity contribution >= 4 is 38.4 Å². The molecular weight excluding hydrogens is 383 g/mol. The topological polar surface area (TPSA) is 72.2 Å². The van der Waals surface area contributed by atoms with Gasteiger partial charge in [0.25, 0.3) is 0 Å². The first-order valence-corrected chi connectivity index (χ1v) is 8.89. The monoisotopic (exact) mass is 400 g/mol. The average Bonchev–Trinajstić information content (AvgIpc) is 2.93. The number of hydrogen-bond acceptors (Lipinski definition) is 3. The first kappa shape index (κ1) is 18.8. The molecule has 1 aromatic carbocycles. The van der Waals surface area contributed by atoms with Gasteiger partial charge < -0.3 is 5.73 Å². The molecule has 0 aliphatic heterocycles. The van der Waals surface area contributed by atoms with Crippen molar-refractivity contribution in [1.29, 1.82) is 0 Å². The van der Waals surface area contributed by atoms with Crippen molar-refractivity contribution in [1.82, 2.24) is 4.72 Å². The highest BCUT2D eigenvalue weighted by atomic mass is 79.9. The second-order valence-corrected chi connectivity index (χ2v) is 7.60. The molecule has 1 saturated carbocycles. The first-order valence-electron chi connectivity index (χ1n) is 6.62. The minimum Gasteiger partial charge on any atom is -0.329 e. The van der Waals surface area contributed by atoms with Crippen molar-refractivity contribution in [2.24, 2.45) is 11.7 Å². The molecule has 3 N–H and O–H groups in total. The number of halogens is 3. The molecule has 1 aliphatic carbocycles. The van der Waals surface area contributed by atoms with Crippen LogP contribution in [0, 0.1) is 11.7 Å². The summed E-state index contributed by atoms with van der Waals surface area (Å²) in [6.45, 7) is 0.222. The van der Waals surface area contributed by atoms with Crippen LogP contribution in [-0.4, -0.2) is 21.0 Å². The number of benzene rings is 1. The van der Waals surface area contributed by atoms with Crippen LogP contribution < -0.4 is 10.5 Å². The lowest BCUT2D eigenvalue weighted by atomic mass is 9.99. The van der Waals surface area contributed by atoms with E-state index in [2.05, 4.69) is 20.7 Å². The Hall–Kier alpha value is -0.210. The van der Waals surface area contributed by atoms with Crippen molar-refractivity contribution in [2.75, 3.05) is 6.54 Å². The van der Waals surface area contributed by atoms with Gasteiger partial charge in [0.1, 0.15) is 4.90 Å². The summed E-state index contributed by atoms with van der Waals surface area (Å²) < 4.78 is 41.2. The van der Waals surface area contributed by atoms with Gasteiger partial charge in [-0.3, -0.25) is 0 Å². The molecule has 0 aromatic heterocycles. The van der Waals surface area contributed by atoms with E-state index in [4.69, 9.17) is 5.73 Å². The van der Waals surface area contributed by atoms with E-state index in [1.54, 1.807) is 0 Å². The number of rotatable bonds is 5. The van der Waals surface area contributed by atoms with Gasteiger partial charge in [0.2, 0.25) is 10.0 Å². The maximum atomic E-state index is 13.9. The van der Waals surface area contributed by atoms with Gasteiger partial charge >= 0.3 is 0 Å². The minimum atomic E-state index is -3.90. The molecule has 0 spiro atoms. The summed E-state index contributed by atoms with van der Waals surface area (Å²) in [4.78, 5) is -0.344. The third-order valence-electron chi connectivity index (χ3n) is 3.74. The van der Waals surface area contributed by atoms with E-state index in [0.29, 0.717) is 0 Å². The fraction of sp³-hybridized carbons (Fsp3) is 0.538. The molecular formula is C13H19BrClFN2O2S. The molecule has 8 heteroatoms. The van der Waals surface area contributed by atoms with Gasteiger partial charge in [0.05, 0.1) is 4.47 Å². The Labute approximate surface area is 139 Å². The SMILES string of the molecule is Cl.NCC(NS(=O)(=O)c1cccc(Br)c1F)C1CCCC1. The third-order valence-corrected chi connectivity index (χ3v) is 5.85. The van der Waals surface area contributed by atoms with E-state index in [9.17, 15) is 12.8 Å². The van der Waals surface area contributed by atoms with Gasteiger partial charge in [-0.15, -0.1) is 12.4 Å². The molecule has 2 rings (SSSR count). The Morgan fingerprint density at radius 1 is 1.38 bits per heavy atom. The average molecular weight is 402 g/mol. The minimum absolute atomic E-state index is 0. The molecule has 0 amide bonds. The standard InChI is InChI=1S/C13H18BrFN2O2S.ClH/c14-10-6-3-7-12(13(10)15)20(18,19)17-11(8-16)9-4-1-2-5-9;/h3,6-7,9,11,17H,1-2,4-5,8,16H2;1H. The molecule has 120 valence electrons. The van der Waals surface area contributed by atoms with Crippen LogP contribution in [0.4, 0.5) is 4.39 Å². The lowest BCUT2D eigenvalue weighted by molar-refractivity contribution is 0.404. The normalized spacial score (nSPS) is 17.5. The zero-order valence-electron chi connectivity index (χ0n) is 11.4. The first-order chi connectivity index (χ1) is 9.45. The molecule has 1 atom stereocenters. The Bertz CT molecular complexity index is 580. The number of nitrogens with two attached hydrogens (primary N) is 1. The van der Waals surface area contributed by atoms with Gasteiger partial charge in [-0.05, 0) is 46.8 Å². The highest BCUT2D eigenvalue weighted by Crippen LogP contribution is 2.29. The summed E-state index contributed by atoms with van der Waals surface area (Å²) in [5.74, 6) is -0.535. The lowest BCUT2D eigenvalue weighted by Crippen LogP contribution is -2.44. The maximum Gasteiger partial charge on any atom is 0.243 e. The smallest absolute Gasteiger partial charge is 0.243 e. The second kappa shape index (κ2) is 7.87. The number of sulfonamides is 1. The molecule has 0 bridgehead atoms. The number of nitrogens with one attached hydrogen (secondary N) is 1. The van der Waals surface area contributed by atoms with Crippen molar-refractivity contribution in [2.45, 2.75) is 36.6 Å². The highest BCUT2D eigenvalue weighted by molar-refractivity contribution is 9.10. The van der Waals surface area contributed by atoms with E-state index in [0.717, 1.165) is 25.7 Å². The van der Waals surface area contributed by atoms with E-state index in [-0.39, 0.29) is 40.3 Å². The quantitative estimate of drug-likeness (QED) is 0.797. The van der Waals surface area contributed by atoms with Crippen LogP contribution in [0.25, 0.3) is 0 Å². The van der Waals surface area contributed by atoms with Crippen LogP contribution in [0.1, 0.15) is 25.7 Å². The van der Waals surface area contributed by atoms with Crippen molar-refractivity contribution < 1.29 is 12.8 Å². The van der Waals surface area contributed by atoms with Crippen LogP contribution in [0.5, 0.6) is 0 Å². The van der Waals surface area contributed by atoms with Crippen LogP contribution in [0.2, 0.25) is 0 Å². The summed E-state index contributed by atoms with van der Waals surface area (Å²) in [6, 6.07) is 3.88. The Kier molecular flexibility index (Phi) is 7.06. The predicted octanol–water partition coefficient (Wildman–Crippen LogP) is 2.81. The van der Waals surface area contributed by atoms with E-state index >= 15 is 0 Å². The second-order valence-electron chi connectivity index (χ2n) is 5.06. The van der Waals surface area contributed by atoms with Crippen molar-refractivity contribution in [3.8, 4) is 0 Å². The lowest BCUT2D eigenvalue weighted by Gasteiger charge is -2.23. The molecule has 1 fully saturated rings. The molecule has 0 radical (unpaired) electrons. The largest absolute Gasteiger partial charge is 0.329 e. The van der Waals surface area contributed by atoms with E-state index < -0.39 is 15.8 Å². The highest BCUT2D eigenvalue weighted by Gasteiger charge is 2.30.